The zero-order chi connectivity index (χ0) is 29.6. The van der Waals surface area contributed by atoms with Gasteiger partial charge in [-0.25, -0.2) is 8.42 Å². The number of ether oxygens (including phenoxy) is 1. The zero-order valence-corrected chi connectivity index (χ0v) is 25.0. The second kappa shape index (κ2) is 10.3. The lowest BCUT2D eigenvalue weighted by Crippen LogP contribution is -2.23. The molecular formula is C34H34N2O4S. The van der Waals surface area contributed by atoms with Crippen molar-refractivity contribution in [1.82, 2.24) is 9.78 Å². The topological polar surface area (TPSA) is 78.3 Å². The highest BCUT2D eigenvalue weighted by Crippen LogP contribution is 2.29. The lowest BCUT2D eigenvalue weighted by Gasteiger charge is -2.21. The van der Waals surface area contributed by atoms with Gasteiger partial charge in [-0.05, 0) is 98.5 Å². The quantitative estimate of drug-likeness (QED) is 0.222. The molecule has 1 aromatic heterocycles. The monoisotopic (exact) mass is 566 g/mol. The van der Waals surface area contributed by atoms with Crippen molar-refractivity contribution in [3.05, 3.63) is 113 Å². The van der Waals surface area contributed by atoms with Gasteiger partial charge in [-0.3, -0.25) is 4.79 Å². The smallest absolute Gasteiger partial charge is 0.279 e. The molecule has 0 bridgehead atoms. The summed E-state index contributed by atoms with van der Waals surface area (Å²) in [5.41, 5.74) is 2.30. The molecule has 0 unspecified atom stereocenters. The number of fused-ring (bicyclic) bond motifs is 1. The summed E-state index contributed by atoms with van der Waals surface area (Å²) in [4.78, 5) is 13.9. The van der Waals surface area contributed by atoms with Gasteiger partial charge in [-0.2, -0.15) is 9.78 Å². The summed E-state index contributed by atoms with van der Waals surface area (Å²) in [7, 11) is -3.73. The van der Waals surface area contributed by atoms with E-state index in [1.165, 1.54) is 16.8 Å². The molecule has 41 heavy (non-hydrogen) atoms. The molecular weight excluding hydrogens is 532 g/mol. The maximum Gasteiger partial charge on any atom is 0.279 e. The minimum absolute atomic E-state index is 0.0782. The lowest BCUT2D eigenvalue weighted by molar-refractivity contribution is 0.131. The number of hydrogen-bond acceptors (Lipinski definition) is 5. The Morgan fingerprint density at radius 1 is 0.683 bits per heavy atom. The molecule has 5 rings (SSSR count). The molecule has 1 heterocycles. The van der Waals surface area contributed by atoms with E-state index in [4.69, 9.17) is 9.84 Å². The summed E-state index contributed by atoms with van der Waals surface area (Å²) in [6.45, 7) is 12.2. The summed E-state index contributed by atoms with van der Waals surface area (Å²) in [6.07, 6.45) is 0. The van der Waals surface area contributed by atoms with E-state index in [2.05, 4.69) is 20.8 Å². The highest BCUT2D eigenvalue weighted by Gasteiger charge is 2.21. The van der Waals surface area contributed by atoms with E-state index >= 15 is 0 Å². The van der Waals surface area contributed by atoms with Crippen molar-refractivity contribution in [2.45, 2.75) is 62.3 Å². The van der Waals surface area contributed by atoms with E-state index in [9.17, 15) is 13.2 Å². The van der Waals surface area contributed by atoms with E-state index in [-0.39, 0.29) is 26.4 Å². The predicted molar refractivity (Wildman–Crippen MR) is 164 cm³/mol. The molecule has 0 aliphatic carbocycles. The number of rotatable bonds is 5. The molecule has 0 aliphatic heterocycles. The van der Waals surface area contributed by atoms with Gasteiger partial charge < -0.3 is 4.74 Å². The van der Waals surface area contributed by atoms with E-state index in [1.54, 1.807) is 30.3 Å². The minimum Gasteiger partial charge on any atom is -0.488 e. The van der Waals surface area contributed by atoms with Gasteiger partial charge in [0.1, 0.15) is 11.4 Å². The number of nitrogens with zero attached hydrogens (tertiary/aromatic N) is 2. The lowest BCUT2D eigenvalue weighted by atomic mass is 9.87. The molecule has 0 atom stereocenters. The fourth-order valence-corrected chi connectivity index (χ4v) is 5.91. The summed E-state index contributed by atoms with van der Waals surface area (Å²) >= 11 is 0. The van der Waals surface area contributed by atoms with Crippen LogP contribution in [0.3, 0.4) is 0 Å². The van der Waals surface area contributed by atoms with Crippen LogP contribution in [-0.2, 0) is 15.3 Å². The third kappa shape index (κ3) is 5.81. The van der Waals surface area contributed by atoms with E-state index in [0.29, 0.717) is 16.8 Å². The van der Waals surface area contributed by atoms with E-state index in [1.807, 2.05) is 75.4 Å². The van der Waals surface area contributed by atoms with Crippen LogP contribution in [0.25, 0.3) is 27.7 Å². The van der Waals surface area contributed by atoms with Crippen molar-refractivity contribution < 1.29 is 13.2 Å². The van der Waals surface area contributed by atoms with Crippen LogP contribution in [-0.4, -0.2) is 23.8 Å². The Labute approximate surface area is 241 Å². The fraction of sp³-hybridized carbons (Fsp3) is 0.235. The van der Waals surface area contributed by atoms with Gasteiger partial charge in [0.25, 0.3) is 5.56 Å². The Kier molecular flexibility index (Phi) is 7.12. The van der Waals surface area contributed by atoms with E-state index in [0.717, 1.165) is 22.3 Å². The van der Waals surface area contributed by atoms with Crippen molar-refractivity contribution in [2.75, 3.05) is 0 Å². The Hall–Kier alpha value is -4.23. The maximum atomic E-state index is 13.5. The second-order valence-corrected chi connectivity index (χ2v) is 14.1. The molecule has 0 fully saturated rings. The summed E-state index contributed by atoms with van der Waals surface area (Å²) in [5.74, 6) is 0.740. The van der Waals surface area contributed by atoms with Gasteiger partial charge in [-0.15, -0.1) is 0 Å². The van der Waals surface area contributed by atoms with Crippen LogP contribution in [0.5, 0.6) is 5.75 Å². The fourth-order valence-electron chi connectivity index (χ4n) is 4.65. The molecule has 0 radical (unpaired) electrons. The van der Waals surface area contributed by atoms with Gasteiger partial charge in [0, 0.05) is 10.9 Å². The number of aromatic nitrogens is 2. The number of benzene rings is 4. The highest BCUT2D eigenvalue weighted by molar-refractivity contribution is 7.91. The van der Waals surface area contributed by atoms with Crippen molar-refractivity contribution in [2.24, 2.45) is 0 Å². The molecule has 0 aliphatic rings. The van der Waals surface area contributed by atoms with Gasteiger partial charge in [0.2, 0.25) is 9.84 Å². The van der Waals surface area contributed by atoms with Crippen molar-refractivity contribution in [3.8, 4) is 22.7 Å². The Balaban J connectivity index is 1.54. The van der Waals surface area contributed by atoms with Gasteiger partial charge in [-0.1, -0.05) is 51.1 Å². The average molecular weight is 567 g/mol. The Bertz CT molecular complexity index is 1880. The van der Waals surface area contributed by atoms with Crippen molar-refractivity contribution in [3.63, 3.8) is 0 Å². The van der Waals surface area contributed by atoms with Crippen molar-refractivity contribution >= 4 is 20.6 Å². The first-order valence-electron chi connectivity index (χ1n) is 13.5. The molecule has 0 spiro atoms. The predicted octanol–water partition coefficient (Wildman–Crippen LogP) is 7.36. The van der Waals surface area contributed by atoms with E-state index < -0.39 is 9.84 Å². The number of sulfone groups is 1. The van der Waals surface area contributed by atoms with Crippen LogP contribution >= 0.6 is 0 Å². The van der Waals surface area contributed by atoms with Gasteiger partial charge in [0.15, 0.2) is 0 Å². The van der Waals surface area contributed by atoms with Crippen LogP contribution in [0.15, 0.2) is 112 Å². The van der Waals surface area contributed by atoms with Gasteiger partial charge >= 0.3 is 0 Å². The first-order valence-corrected chi connectivity index (χ1v) is 15.0. The highest BCUT2D eigenvalue weighted by atomic mass is 32.2. The molecule has 0 saturated heterocycles. The molecule has 4 aromatic carbocycles. The summed E-state index contributed by atoms with van der Waals surface area (Å²) in [5, 5.41) is 5.99. The Morgan fingerprint density at radius 2 is 1.22 bits per heavy atom. The van der Waals surface area contributed by atoms with Gasteiger partial charge in [0.05, 0.1) is 26.6 Å². The molecule has 6 nitrogen and oxygen atoms in total. The van der Waals surface area contributed by atoms with Crippen LogP contribution in [0.2, 0.25) is 0 Å². The molecule has 0 amide bonds. The molecule has 7 heteroatoms. The maximum absolute atomic E-state index is 13.5. The normalized spacial score (nSPS) is 12.4. The molecule has 5 aromatic rings. The first kappa shape index (κ1) is 28.3. The van der Waals surface area contributed by atoms with Crippen LogP contribution in [0, 0.1) is 0 Å². The molecule has 0 N–H and O–H groups in total. The number of hydrogen-bond donors (Lipinski definition) is 0. The van der Waals surface area contributed by atoms with Crippen LogP contribution in [0.4, 0.5) is 0 Å². The summed E-state index contributed by atoms with van der Waals surface area (Å²) < 4.78 is 34.0. The zero-order valence-electron chi connectivity index (χ0n) is 24.2. The third-order valence-electron chi connectivity index (χ3n) is 6.78. The SMILES string of the molecule is CC(C)(C)Oc1ccc(-c2nn(-c3ccc(S(=O)(=O)c4ccc(C(C)(C)C)cc4)cc3)c(=O)c3ccccc23)cc1. The third-order valence-corrected chi connectivity index (χ3v) is 8.56. The molecule has 210 valence electrons. The van der Waals surface area contributed by atoms with Crippen LogP contribution < -0.4 is 10.3 Å². The summed E-state index contributed by atoms with van der Waals surface area (Å²) in [6, 6.07) is 28.2. The minimum atomic E-state index is -3.73. The molecule has 0 saturated carbocycles. The Morgan fingerprint density at radius 3 is 1.76 bits per heavy atom. The largest absolute Gasteiger partial charge is 0.488 e. The average Bonchev–Trinajstić information content (AvgIpc) is 2.93. The standard InChI is InChI=1S/C34H34N2O4S/c1-33(2,3)24-13-19-27(20-14-24)41(38,39)28-21-15-25(16-22-28)36-32(37)30-10-8-7-9-29(30)31(35-36)23-11-17-26(18-12-23)40-34(4,5)6/h7-22H,1-6H3. The first-order chi connectivity index (χ1) is 19.2. The second-order valence-electron chi connectivity index (χ2n) is 12.1. The van der Waals surface area contributed by atoms with Crippen molar-refractivity contribution in [1.29, 1.82) is 0 Å². The van der Waals surface area contributed by atoms with Crippen LogP contribution in [0.1, 0.15) is 47.1 Å².